The lowest BCUT2D eigenvalue weighted by atomic mass is 10.0. The summed E-state index contributed by atoms with van der Waals surface area (Å²) in [4.78, 5) is 6.26. The summed E-state index contributed by atoms with van der Waals surface area (Å²) >= 11 is 1.42. The Morgan fingerprint density at radius 2 is 1.76 bits per heavy atom. The van der Waals surface area contributed by atoms with Crippen molar-refractivity contribution in [2.24, 2.45) is 5.73 Å². The summed E-state index contributed by atoms with van der Waals surface area (Å²) in [5, 5.41) is 6.88. The molecule has 0 atom stereocenters. The van der Waals surface area contributed by atoms with Gasteiger partial charge in [-0.05, 0) is 62.4 Å². The molecular weight excluding hydrogens is 459 g/mol. The van der Waals surface area contributed by atoms with Crippen LogP contribution >= 0.6 is 11.8 Å². The first-order chi connectivity index (χ1) is 16.4. The SMILES string of the molecule is NCCN1CCC(Nc2cc(C(F)(F)F)cc3c2Nc2ccc(N4CCCCC4)cc2S3)CC1. The quantitative estimate of drug-likeness (QED) is 0.423. The summed E-state index contributed by atoms with van der Waals surface area (Å²) in [6.07, 6.45) is 0.988. The summed E-state index contributed by atoms with van der Waals surface area (Å²) < 4.78 is 41.3. The molecule has 4 N–H and O–H groups in total. The van der Waals surface area contributed by atoms with Crippen molar-refractivity contribution in [1.82, 2.24) is 4.90 Å². The molecule has 0 aromatic heterocycles. The van der Waals surface area contributed by atoms with Crippen LogP contribution in [0.15, 0.2) is 40.1 Å². The highest BCUT2D eigenvalue weighted by molar-refractivity contribution is 7.99. The molecule has 34 heavy (non-hydrogen) atoms. The second kappa shape index (κ2) is 9.87. The van der Waals surface area contributed by atoms with Gasteiger partial charge in [0.25, 0.3) is 0 Å². The van der Waals surface area contributed by atoms with Gasteiger partial charge < -0.3 is 26.2 Å². The molecule has 0 spiro atoms. The maximum atomic E-state index is 13.8. The van der Waals surface area contributed by atoms with E-state index in [4.69, 9.17) is 5.73 Å². The molecule has 0 radical (unpaired) electrons. The number of nitrogens with two attached hydrogens (primary N) is 1. The van der Waals surface area contributed by atoms with Crippen molar-refractivity contribution in [2.45, 2.75) is 54.1 Å². The minimum absolute atomic E-state index is 0.135. The zero-order chi connectivity index (χ0) is 23.7. The highest BCUT2D eigenvalue weighted by Gasteiger charge is 2.34. The summed E-state index contributed by atoms with van der Waals surface area (Å²) in [6, 6.07) is 8.96. The molecule has 2 saturated heterocycles. The molecule has 5 nitrogen and oxygen atoms in total. The van der Waals surface area contributed by atoms with Crippen LogP contribution in [0.2, 0.25) is 0 Å². The van der Waals surface area contributed by atoms with Gasteiger partial charge in [-0.1, -0.05) is 11.8 Å². The third-order valence-corrected chi connectivity index (χ3v) is 8.09. The van der Waals surface area contributed by atoms with E-state index >= 15 is 0 Å². The van der Waals surface area contributed by atoms with Crippen molar-refractivity contribution >= 4 is 34.5 Å². The summed E-state index contributed by atoms with van der Waals surface area (Å²) in [6.45, 7) is 5.35. The van der Waals surface area contributed by atoms with Crippen LogP contribution in [0.1, 0.15) is 37.7 Å². The van der Waals surface area contributed by atoms with Gasteiger partial charge in [-0.15, -0.1) is 0 Å². The number of nitrogens with zero attached hydrogens (tertiary/aromatic N) is 2. The highest BCUT2D eigenvalue weighted by Crippen LogP contribution is 2.50. The zero-order valence-corrected chi connectivity index (χ0v) is 20.1. The minimum Gasteiger partial charge on any atom is -0.380 e. The van der Waals surface area contributed by atoms with Crippen LogP contribution in [0, 0.1) is 0 Å². The topological polar surface area (TPSA) is 56.6 Å². The molecule has 0 amide bonds. The van der Waals surface area contributed by atoms with Gasteiger partial charge in [-0.25, -0.2) is 0 Å². The van der Waals surface area contributed by atoms with E-state index in [1.54, 1.807) is 0 Å². The fourth-order valence-corrected chi connectivity index (χ4v) is 6.20. The molecule has 3 heterocycles. The van der Waals surface area contributed by atoms with E-state index in [-0.39, 0.29) is 6.04 Å². The first-order valence-corrected chi connectivity index (χ1v) is 13.0. The Morgan fingerprint density at radius 3 is 2.47 bits per heavy atom. The fourth-order valence-electron chi connectivity index (χ4n) is 5.11. The second-order valence-electron chi connectivity index (χ2n) is 9.40. The largest absolute Gasteiger partial charge is 0.416 e. The van der Waals surface area contributed by atoms with Crippen LogP contribution in [-0.2, 0) is 6.18 Å². The average Bonchev–Trinajstić information content (AvgIpc) is 2.84. The van der Waals surface area contributed by atoms with Gasteiger partial charge in [0.15, 0.2) is 0 Å². The molecule has 0 saturated carbocycles. The van der Waals surface area contributed by atoms with E-state index in [1.165, 1.54) is 43.2 Å². The molecule has 3 aliphatic heterocycles. The normalized spacial score (nSPS) is 19.4. The van der Waals surface area contributed by atoms with Crippen LogP contribution in [0.25, 0.3) is 0 Å². The van der Waals surface area contributed by atoms with Crippen molar-refractivity contribution in [3.63, 3.8) is 0 Å². The number of piperidine rings is 2. The number of rotatable bonds is 5. The second-order valence-corrected chi connectivity index (χ2v) is 10.5. The number of hydrogen-bond donors (Lipinski definition) is 3. The Kier molecular flexibility index (Phi) is 6.86. The smallest absolute Gasteiger partial charge is 0.380 e. The third kappa shape index (κ3) is 5.11. The number of alkyl halides is 3. The molecule has 2 aromatic rings. The Bertz CT molecular complexity index is 1010. The van der Waals surface area contributed by atoms with Crippen molar-refractivity contribution in [3.05, 3.63) is 35.9 Å². The lowest BCUT2D eigenvalue weighted by Crippen LogP contribution is -2.41. The number of nitrogens with one attached hydrogen (secondary N) is 2. The van der Waals surface area contributed by atoms with Crippen molar-refractivity contribution in [3.8, 4) is 0 Å². The molecule has 5 rings (SSSR count). The van der Waals surface area contributed by atoms with Gasteiger partial charge in [-0.2, -0.15) is 13.2 Å². The Morgan fingerprint density at radius 1 is 1.00 bits per heavy atom. The fraction of sp³-hybridized carbons (Fsp3) is 0.520. The van der Waals surface area contributed by atoms with Gasteiger partial charge in [-0.3, -0.25) is 0 Å². The number of fused-ring (bicyclic) bond motifs is 2. The van der Waals surface area contributed by atoms with Gasteiger partial charge in [0.2, 0.25) is 0 Å². The number of halogens is 3. The minimum atomic E-state index is -4.40. The molecule has 0 unspecified atom stereocenters. The van der Waals surface area contributed by atoms with Gasteiger partial charge in [0, 0.05) is 60.8 Å². The van der Waals surface area contributed by atoms with Crippen molar-refractivity contribution < 1.29 is 13.2 Å². The Labute approximate surface area is 203 Å². The number of likely N-dealkylation sites (tertiary alicyclic amines) is 1. The van der Waals surface area contributed by atoms with Crippen LogP contribution in [-0.4, -0.2) is 50.2 Å². The van der Waals surface area contributed by atoms with Gasteiger partial charge >= 0.3 is 6.18 Å². The van der Waals surface area contributed by atoms with Crippen LogP contribution in [0.5, 0.6) is 0 Å². The molecule has 0 aliphatic carbocycles. The monoisotopic (exact) mass is 491 g/mol. The average molecular weight is 492 g/mol. The summed E-state index contributed by atoms with van der Waals surface area (Å²) in [5.74, 6) is 0. The molecular formula is C25H32F3N5S. The maximum Gasteiger partial charge on any atom is 0.416 e. The number of hydrogen-bond acceptors (Lipinski definition) is 6. The van der Waals surface area contributed by atoms with E-state index in [0.29, 0.717) is 17.1 Å². The lowest BCUT2D eigenvalue weighted by molar-refractivity contribution is -0.137. The first-order valence-electron chi connectivity index (χ1n) is 12.2. The molecule has 184 valence electrons. The van der Waals surface area contributed by atoms with Crippen LogP contribution in [0.4, 0.5) is 35.9 Å². The standard InChI is InChI=1S/C25H32F3N5S/c26-25(27,28)17-14-21(30-18-6-11-32(12-7-18)13-8-29)24-23(15-17)34-22-16-19(4-5-20(22)31-24)33-9-2-1-3-10-33/h4-5,14-16,18,30-31H,1-3,6-13,29H2. The van der Waals surface area contributed by atoms with Gasteiger partial charge in [0.05, 0.1) is 22.6 Å². The summed E-state index contributed by atoms with van der Waals surface area (Å²) in [7, 11) is 0. The predicted molar refractivity (Wildman–Crippen MR) is 133 cm³/mol. The maximum absolute atomic E-state index is 13.8. The molecule has 9 heteroatoms. The lowest BCUT2D eigenvalue weighted by Gasteiger charge is -2.34. The van der Waals surface area contributed by atoms with E-state index in [2.05, 4.69) is 38.6 Å². The van der Waals surface area contributed by atoms with E-state index in [9.17, 15) is 13.2 Å². The van der Waals surface area contributed by atoms with Crippen LogP contribution in [0.3, 0.4) is 0 Å². The third-order valence-electron chi connectivity index (χ3n) is 6.99. The van der Waals surface area contributed by atoms with E-state index < -0.39 is 11.7 Å². The molecule has 0 bridgehead atoms. The van der Waals surface area contributed by atoms with Crippen molar-refractivity contribution in [2.75, 3.05) is 54.8 Å². The Balaban J connectivity index is 1.41. The zero-order valence-electron chi connectivity index (χ0n) is 19.3. The number of benzene rings is 2. The Hall–Kier alpha value is -2.10. The summed E-state index contributed by atoms with van der Waals surface area (Å²) in [5.41, 5.74) is 8.41. The van der Waals surface area contributed by atoms with Gasteiger partial charge in [0.1, 0.15) is 0 Å². The molecule has 3 aliphatic rings. The molecule has 2 fully saturated rings. The van der Waals surface area contributed by atoms with E-state index in [0.717, 1.165) is 67.5 Å². The highest BCUT2D eigenvalue weighted by atomic mass is 32.2. The van der Waals surface area contributed by atoms with Crippen LogP contribution < -0.4 is 21.3 Å². The van der Waals surface area contributed by atoms with Crippen molar-refractivity contribution in [1.29, 1.82) is 0 Å². The van der Waals surface area contributed by atoms with E-state index in [1.807, 2.05) is 0 Å². The number of anilines is 4. The molecule has 2 aromatic carbocycles. The first kappa shape index (κ1) is 23.6. The predicted octanol–water partition coefficient (Wildman–Crippen LogP) is 5.74.